The molecule has 0 aliphatic heterocycles. The third kappa shape index (κ3) is 1.69. The molecule has 1 aromatic carbocycles. The lowest BCUT2D eigenvalue weighted by molar-refractivity contribution is -0.655. The number of rotatable bonds is 2. The van der Waals surface area contributed by atoms with Gasteiger partial charge in [0.2, 0.25) is 11.9 Å². The highest BCUT2D eigenvalue weighted by atomic mass is 15.3. The van der Waals surface area contributed by atoms with Gasteiger partial charge in [-0.15, -0.1) is 0 Å². The van der Waals surface area contributed by atoms with Gasteiger partial charge >= 0.3 is 0 Å². The van der Waals surface area contributed by atoms with E-state index >= 15 is 0 Å². The van der Waals surface area contributed by atoms with Crippen LogP contribution in [0.1, 0.15) is 25.3 Å². The van der Waals surface area contributed by atoms with Gasteiger partial charge in [-0.25, -0.2) is 0 Å². The van der Waals surface area contributed by atoms with Crippen molar-refractivity contribution in [2.24, 2.45) is 0 Å². The molecule has 0 saturated carbocycles. The van der Waals surface area contributed by atoms with Crippen molar-refractivity contribution in [1.82, 2.24) is 5.10 Å². The van der Waals surface area contributed by atoms with Crippen molar-refractivity contribution in [1.29, 1.82) is 0 Å². The summed E-state index contributed by atoms with van der Waals surface area (Å²) in [6, 6.07) is 10.6. The van der Waals surface area contributed by atoms with Gasteiger partial charge in [0, 0.05) is 18.2 Å². The predicted molar refractivity (Wildman–Crippen MR) is 56.4 cm³/mol. The number of aromatic nitrogens is 2. The van der Waals surface area contributed by atoms with Crippen molar-refractivity contribution >= 4 is 0 Å². The summed E-state index contributed by atoms with van der Waals surface area (Å²) in [5.41, 5.74) is 2.54. The summed E-state index contributed by atoms with van der Waals surface area (Å²) >= 11 is 0. The van der Waals surface area contributed by atoms with E-state index in [2.05, 4.69) is 43.2 Å². The van der Waals surface area contributed by atoms with Crippen LogP contribution in [0.5, 0.6) is 0 Å². The standard InChI is InChI=1S/C12H14N2/c1-10(2)11-4-6-12(7-5-11)14-9-3-8-13-14/h3-10H,1-2H3/p+1. The largest absolute Gasteiger partial charge is 0.235 e. The molecule has 0 radical (unpaired) electrons. The van der Waals surface area contributed by atoms with Crippen LogP contribution in [0.2, 0.25) is 0 Å². The van der Waals surface area contributed by atoms with Crippen LogP contribution in [0.15, 0.2) is 42.7 Å². The minimum absolute atomic E-state index is 0.595. The smallest absolute Gasteiger partial charge is 0.167 e. The molecule has 1 aromatic heterocycles. The van der Waals surface area contributed by atoms with Gasteiger partial charge in [-0.3, -0.25) is 0 Å². The van der Waals surface area contributed by atoms with Gasteiger partial charge in [0.25, 0.3) is 0 Å². The van der Waals surface area contributed by atoms with Gasteiger partial charge in [-0.1, -0.05) is 30.7 Å². The van der Waals surface area contributed by atoms with Gasteiger partial charge in [0.1, 0.15) is 0 Å². The van der Waals surface area contributed by atoms with Gasteiger partial charge in [0.15, 0.2) is 0 Å². The van der Waals surface area contributed by atoms with E-state index in [1.54, 1.807) is 0 Å². The second-order valence-electron chi connectivity index (χ2n) is 3.75. The number of aromatic amines is 1. The zero-order chi connectivity index (χ0) is 9.97. The van der Waals surface area contributed by atoms with Crippen LogP contribution >= 0.6 is 0 Å². The Hall–Kier alpha value is -1.57. The minimum atomic E-state index is 0.595. The molecule has 2 rings (SSSR count). The monoisotopic (exact) mass is 187 g/mol. The zero-order valence-electron chi connectivity index (χ0n) is 8.57. The lowest BCUT2D eigenvalue weighted by atomic mass is 10.0. The topological polar surface area (TPSA) is 19.7 Å². The van der Waals surface area contributed by atoms with Crippen molar-refractivity contribution in [3.63, 3.8) is 0 Å². The first-order valence-electron chi connectivity index (χ1n) is 4.93. The Labute approximate surface area is 84.2 Å². The molecule has 0 unspecified atom stereocenters. The minimum Gasteiger partial charge on any atom is -0.167 e. The molecule has 0 amide bonds. The molecule has 0 fully saturated rings. The maximum absolute atomic E-state index is 3.12. The van der Waals surface area contributed by atoms with Crippen LogP contribution < -0.4 is 4.68 Å². The molecule has 72 valence electrons. The molecule has 0 aliphatic rings. The van der Waals surface area contributed by atoms with Crippen LogP contribution in [0.4, 0.5) is 0 Å². The van der Waals surface area contributed by atoms with Gasteiger partial charge in [-0.05, 0) is 11.5 Å². The van der Waals surface area contributed by atoms with E-state index < -0.39 is 0 Å². The molecule has 0 spiro atoms. The fourth-order valence-electron chi connectivity index (χ4n) is 1.48. The van der Waals surface area contributed by atoms with Crippen molar-refractivity contribution in [2.45, 2.75) is 19.8 Å². The number of H-pyrrole nitrogens is 1. The Kier molecular flexibility index (Phi) is 2.35. The number of benzene rings is 1. The fraction of sp³-hybridized carbons (Fsp3) is 0.250. The summed E-state index contributed by atoms with van der Waals surface area (Å²) in [5.74, 6) is 0.595. The first kappa shape index (κ1) is 9.00. The molecular formula is C12H15N2+. The number of nitrogens with zero attached hydrogens (tertiary/aromatic N) is 1. The molecule has 1 heterocycles. The average Bonchev–Trinajstić information content (AvgIpc) is 2.71. The van der Waals surface area contributed by atoms with E-state index in [0.29, 0.717) is 5.92 Å². The van der Waals surface area contributed by atoms with E-state index in [1.807, 2.05) is 23.1 Å². The maximum atomic E-state index is 3.12. The molecule has 0 aliphatic carbocycles. The number of nitrogens with one attached hydrogen (secondary N) is 1. The highest BCUT2D eigenvalue weighted by Crippen LogP contribution is 2.14. The maximum Gasteiger partial charge on any atom is 0.235 e. The summed E-state index contributed by atoms with van der Waals surface area (Å²) in [6.07, 6.45) is 3.92. The van der Waals surface area contributed by atoms with Gasteiger partial charge in [-0.2, -0.15) is 5.10 Å². The van der Waals surface area contributed by atoms with Crippen LogP contribution in [-0.4, -0.2) is 5.10 Å². The Morgan fingerprint density at radius 3 is 2.36 bits per heavy atom. The molecular weight excluding hydrogens is 172 g/mol. The zero-order valence-corrected chi connectivity index (χ0v) is 8.57. The molecule has 0 bridgehead atoms. The Morgan fingerprint density at radius 1 is 1.14 bits per heavy atom. The average molecular weight is 187 g/mol. The van der Waals surface area contributed by atoms with Crippen molar-refractivity contribution < 1.29 is 4.68 Å². The van der Waals surface area contributed by atoms with Gasteiger partial charge in [0.05, 0.1) is 6.20 Å². The van der Waals surface area contributed by atoms with Crippen LogP contribution in [0.3, 0.4) is 0 Å². The van der Waals surface area contributed by atoms with Gasteiger partial charge < -0.3 is 0 Å². The first-order chi connectivity index (χ1) is 6.77. The first-order valence-corrected chi connectivity index (χ1v) is 4.93. The number of hydrogen-bond acceptors (Lipinski definition) is 0. The fourth-order valence-corrected chi connectivity index (χ4v) is 1.48. The second kappa shape index (κ2) is 3.66. The van der Waals surface area contributed by atoms with E-state index in [0.717, 1.165) is 0 Å². The summed E-state index contributed by atoms with van der Waals surface area (Å²) in [7, 11) is 0. The Bertz CT molecular complexity index is 385. The number of hydrogen-bond donors (Lipinski definition) is 1. The van der Waals surface area contributed by atoms with E-state index in [-0.39, 0.29) is 0 Å². The normalized spacial score (nSPS) is 10.8. The molecule has 0 saturated heterocycles. The Balaban J connectivity index is 2.31. The van der Waals surface area contributed by atoms with Crippen LogP contribution in [0.25, 0.3) is 5.69 Å². The molecule has 14 heavy (non-hydrogen) atoms. The van der Waals surface area contributed by atoms with Crippen molar-refractivity contribution in [2.75, 3.05) is 0 Å². The molecule has 0 atom stereocenters. The summed E-state index contributed by atoms with van der Waals surface area (Å²) < 4.78 is 1.99. The molecule has 2 aromatic rings. The second-order valence-corrected chi connectivity index (χ2v) is 3.75. The SMILES string of the molecule is CC(C)c1ccc(-[n+]2ccc[nH]2)cc1. The summed E-state index contributed by atoms with van der Waals surface area (Å²) in [6.45, 7) is 4.41. The molecule has 1 N–H and O–H groups in total. The summed E-state index contributed by atoms with van der Waals surface area (Å²) in [4.78, 5) is 0. The Morgan fingerprint density at radius 2 is 1.86 bits per heavy atom. The lowest BCUT2D eigenvalue weighted by Gasteiger charge is -2.03. The third-order valence-electron chi connectivity index (χ3n) is 2.38. The lowest BCUT2D eigenvalue weighted by Crippen LogP contribution is -2.31. The predicted octanol–water partition coefficient (Wildman–Crippen LogP) is 2.41. The van der Waals surface area contributed by atoms with Crippen LogP contribution in [0, 0.1) is 0 Å². The summed E-state index contributed by atoms with van der Waals surface area (Å²) in [5, 5.41) is 3.12. The van der Waals surface area contributed by atoms with Crippen molar-refractivity contribution in [3.8, 4) is 5.69 Å². The van der Waals surface area contributed by atoms with E-state index in [4.69, 9.17) is 0 Å². The van der Waals surface area contributed by atoms with Crippen molar-refractivity contribution in [3.05, 3.63) is 48.3 Å². The highest BCUT2D eigenvalue weighted by molar-refractivity contribution is 5.28. The van der Waals surface area contributed by atoms with E-state index in [1.165, 1.54) is 11.3 Å². The van der Waals surface area contributed by atoms with Crippen LogP contribution in [-0.2, 0) is 0 Å². The molecule has 2 heteroatoms. The third-order valence-corrected chi connectivity index (χ3v) is 2.38. The molecule has 2 nitrogen and oxygen atoms in total. The quantitative estimate of drug-likeness (QED) is 0.697. The highest BCUT2D eigenvalue weighted by Gasteiger charge is 2.06. The van der Waals surface area contributed by atoms with E-state index in [9.17, 15) is 0 Å².